The molecule has 4 N–H and O–H groups in total. The zero-order chi connectivity index (χ0) is 14.9. The quantitative estimate of drug-likeness (QED) is 0.703. The van der Waals surface area contributed by atoms with E-state index in [0.717, 1.165) is 10.5 Å². The van der Waals surface area contributed by atoms with E-state index in [1.807, 2.05) is 0 Å². The van der Waals surface area contributed by atoms with Crippen molar-refractivity contribution in [2.45, 2.75) is 24.9 Å². The number of hydrogen-bond donors (Lipinski definition) is 3. The molecule has 0 aromatic heterocycles. The molecule has 106 valence electrons. The summed E-state index contributed by atoms with van der Waals surface area (Å²) in [6, 6.07) is 4.50. The highest BCUT2D eigenvalue weighted by molar-refractivity contribution is 6.05. The minimum Gasteiger partial charge on any atom is -0.481 e. The Morgan fingerprint density at radius 1 is 1.30 bits per heavy atom. The van der Waals surface area contributed by atoms with E-state index >= 15 is 0 Å². The summed E-state index contributed by atoms with van der Waals surface area (Å²) in [5, 5.41) is 17.9. The first-order chi connectivity index (χ1) is 9.41. The van der Waals surface area contributed by atoms with Crippen molar-refractivity contribution in [3.8, 4) is 0 Å². The third-order valence-corrected chi connectivity index (χ3v) is 3.21. The van der Waals surface area contributed by atoms with Gasteiger partial charge >= 0.3 is 11.9 Å². The van der Waals surface area contributed by atoms with Crippen molar-refractivity contribution in [2.75, 3.05) is 4.90 Å². The standard InChI is InChI=1S/C13H14N2O5/c14-8(6-11(16)17)12(18)15-9-4-2-1-3-7(9)5-10(15)13(19)20/h1-4,8,10H,5-6,14H2,(H,16,17)(H,19,20)/t8?,10-/m0/s1. The Hall–Kier alpha value is -2.41. The van der Waals surface area contributed by atoms with Crippen LogP contribution in [0.15, 0.2) is 24.3 Å². The number of nitrogens with two attached hydrogens (primary N) is 1. The van der Waals surface area contributed by atoms with Gasteiger partial charge in [0.25, 0.3) is 0 Å². The smallest absolute Gasteiger partial charge is 0.327 e. The first-order valence-corrected chi connectivity index (χ1v) is 6.03. The van der Waals surface area contributed by atoms with Crippen LogP contribution in [0.4, 0.5) is 5.69 Å². The maximum absolute atomic E-state index is 12.2. The molecule has 1 aromatic carbocycles. The van der Waals surface area contributed by atoms with Gasteiger partial charge in [-0.2, -0.15) is 0 Å². The third kappa shape index (κ3) is 2.48. The number of anilines is 1. The summed E-state index contributed by atoms with van der Waals surface area (Å²) < 4.78 is 0. The zero-order valence-corrected chi connectivity index (χ0v) is 10.5. The number of fused-ring (bicyclic) bond motifs is 1. The zero-order valence-electron chi connectivity index (χ0n) is 10.5. The van der Waals surface area contributed by atoms with E-state index in [4.69, 9.17) is 10.8 Å². The van der Waals surface area contributed by atoms with Gasteiger partial charge in [-0.1, -0.05) is 18.2 Å². The number of carboxylic acid groups (broad SMARTS) is 2. The van der Waals surface area contributed by atoms with Crippen LogP contribution in [-0.4, -0.2) is 40.1 Å². The Balaban J connectivity index is 2.33. The van der Waals surface area contributed by atoms with Crippen LogP contribution in [0.5, 0.6) is 0 Å². The van der Waals surface area contributed by atoms with Gasteiger partial charge in [0.2, 0.25) is 5.91 Å². The molecule has 1 aliphatic heterocycles. The van der Waals surface area contributed by atoms with Crippen LogP contribution >= 0.6 is 0 Å². The average molecular weight is 278 g/mol. The van der Waals surface area contributed by atoms with Crippen molar-refractivity contribution in [1.82, 2.24) is 0 Å². The Kier molecular flexibility index (Phi) is 3.71. The molecule has 1 unspecified atom stereocenters. The number of benzene rings is 1. The van der Waals surface area contributed by atoms with Crippen molar-refractivity contribution < 1.29 is 24.6 Å². The van der Waals surface area contributed by atoms with E-state index in [0.29, 0.717) is 5.69 Å². The lowest BCUT2D eigenvalue weighted by Gasteiger charge is -2.25. The SMILES string of the molecule is NC(CC(=O)O)C(=O)N1c2ccccc2C[C@H]1C(=O)O. The van der Waals surface area contributed by atoms with Crippen LogP contribution in [0.3, 0.4) is 0 Å². The fraction of sp³-hybridized carbons (Fsp3) is 0.308. The van der Waals surface area contributed by atoms with Crippen LogP contribution in [0.1, 0.15) is 12.0 Å². The molecule has 7 heteroatoms. The van der Waals surface area contributed by atoms with Crippen molar-refractivity contribution in [3.63, 3.8) is 0 Å². The van der Waals surface area contributed by atoms with Crippen molar-refractivity contribution in [2.24, 2.45) is 5.73 Å². The molecule has 1 aromatic rings. The van der Waals surface area contributed by atoms with E-state index in [9.17, 15) is 19.5 Å². The monoisotopic (exact) mass is 278 g/mol. The van der Waals surface area contributed by atoms with Gasteiger partial charge in [-0.15, -0.1) is 0 Å². The summed E-state index contributed by atoms with van der Waals surface area (Å²) in [5.41, 5.74) is 6.76. The van der Waals surface area contributed by atoms with Crippen LogP contribution in [0, 0.1) is 0 Å². The number of aliphatic carboxylic acids is 2. The second-order valence-electron chi connectivity index (χ2n) is 4.60. The highest BCUT2D eigenvalue weighted by Gasteiger charge is 2.40. The Labute approximate surface area is 114 Å². The fourth-order valence-corrected chi connectivity index (χ4v) is 2.31. The Bertz CT molecular complexity index is 572. The number of amides is 1. The molecule has 0 aliphatic carbocycles. The van der Waals surface area contributed by atoms with Crippen molar-refractivity contribution in [1.29, 1.82) is 0 Å². The van der Waals surface area contributed by atoms with Gasteiger partial charge in [-0.25, -0.2) is 4.79 Å². The normalized spacial score (nSPS) is 18.4. The summed E-state index contributed by atoms with van der Waals surface area (Å²) >= 11 is 0. The molecule has 0 spiro atoms. The van der Waals surface area contributed by atoms with Crippen LogP contribution in [-0.2, 0) is 20.8 Å². The first-order valence-electron chi connectivity index (χ1n) is 6.03. The number of carbonyl (C=O) groups excluding carboxylic acids is 1. The highest BCUT2D eigenvalue weighted by atomic mass is 16.4. The van der Waals surface area contributed by atoms with Gasteiger partial charge in [0.05, 0.1) is 12.5 Å². The third-order valence-electron chi connectivity index (χ3n) is 3.21. The minimum absolute atomic E-state index is 0.192. The predicted octanol–water partition coefficient (Wildman–Crippen LogP) is -0.169. The summed E-state index contributed by atoms with van der Waals surface area (Å²) in [7, 11) is 0. The number of para-hydroxylation sites is 1. The number of hydrogen-bond acceptors (Lipinski definition) is 4. The number of rotatable bonds is 4. The fourth-order valence-electron chi connectivity index (χ4n) is 2.31. The van der Waals surface area contributed by atoms with Crippen molar-refractivity contribution >= 4 is 23.5 Å². The summed E-state index contributed by atoms with van der Waals surface area (Å²) in [5.74, 6) is -3.04. The molecule has 0 bridgehead atoms. The average Bonchev–Trinajstić information content (AvgIpc) is 2.76. The van der Waals surface area contributed by atoms with Crippen LogP contribution in [0.2, 0.25) is 0 Å². The van der Waals surface area contributed by atoms with E-state index in [-0.39, 0.29) is 6.42 Å². The molecule has 0 saturated carbocycles. The van der Waals surface area contributed by atoms with Crippen molar-refractivity contribution in [3.05, 3.63) is 29.8 Å². The van der Waals surface area contributed by atoms with Crippen LogP contribution in [0.25, 0.3) is 0 Å². The van der Waals surface area contributed by atoms with Gasteiger partial charge in [0.15, 0.2) is 0 Å². The first kappa shape index (κ1) is 14.0. The second kappa shape index (κ2) is 5.30. The lowest BCUT2D eigenvalue weighted by atomic mass is 10.1. The lowest BCUT2D eigenvalue weighted by molar-refractivity contribution is -0.140. The summed E-state index contributed by atoms with van der Waals surface area (Å²) in [6.07, 6.45) is -0.346. The lowest BCUT2D eigenvalue weighted by Crippen LogP contribution is -2.50. The molecule has 0 radical (unpaired) electrons. The highest BCUT2D eigenvalue weighted by Crippen LogP contribution is 2.32. The molecule has 0 fully saturated rings. The molecular weight excluding hydrogens is 264 g/mol. The maximum atomic E-state index is 12.2. The summed E-state index contributed by atoms with van der Waals surface area (Å²) in [4.78, 5) is 35.2. The number of carbonyl (C=O) groups is 3. The molecule has 1 heterocycles. The van der Waals surface area contributed by atoms with Gasteiger partial charge in [0, 0.05) is 12.1 Å². The molecule has 20 heavy (non-hydrogen) atoms. The molecule has 1 amide bonds. The number of nitrogens with zero attached hydrogens (tertiary/aromatic N) is 1. The number of carboxylic acids is 2. The van der Waals surface area contributed by atoms with Gasteiger partial charge in [-0.3, -0.25) is 14.5 Å². The van der Waals surface area contributed by atoms with E-state index < -0.39 is 36.4 Å². The van der Waals surface area contributed by atoms with E-state index in [1.54, 1.807) is 24.3 Å². The van der Waals surface area contributed by atoms with Crippen LogP contribution < -0.4 is 10.6 Å². The molecular formula is C13H14N2O5. The Morgan fingerprint density at radius 2 is 1.95 bits per heavy atom. The predicted molar refractivity (Wildman–Crippen MR) is 69.3 cm³/mol. The molecule has 7 nitrogen and oxygen atoms in total. The minimum atomic E-state index is -1.26. The molecule has 2 rings (SSSR count). The second-order valence-corrected chi connectivity index (χ2v) is 4.60. The largest absolute Gasteiger partial charge is 0.481 e. The summed E-state index contributed by atoms with van der Waals surface area (Å²) in [6.45, 7) is 0. The molecule has 0 saturated heterocycles. The molecule has 1 aliphatic rings. The topological polar surface area (TPSA) is 121 Å². The molecule has 2 atom stereocenters. The van der Waals surface area contributed by atoms with E-state index in [1.165, 1.54) is 0 Å². The van der Waals surface area contributed by atoms with E-state index in [2.05, 4.69) is 0 Å². The van der Waals surface area contributed by atoms with Gasteiger partial charge in [0.1, 0.15) is 6.04 Å². The van der Waals surface area contributed by atoms with Gasteiger partial charge < -0.3 is 15.9 Å². The Morgan fingerprint density at radius 3 is 2.55 bits per heavy atom. The van der Waals surface area contributed by atoms with Gasteiger partial charge in [-0.05, 0) is 11.6 Å². The maximum Gasteiger partial charge on any atom is 0.327 e.